The molecule has 1 unspecified atom stereocenters. The van der Waals surface area contributed by atoms with Crippen molar-refractivity contribution in [2.45, 2.75) is 231 Å². The van der Waals surface area contributed by atoms with E-state index in [-0.39, 0.29) is 23.8 Å². The summed E-state index contributed by atoms with van der Waals surface area (Å²) in [6.07, 6.45) is -26.9. The summed E-state index contributed by atoms with van der Waals surface area (Å²) in [6, 6.07) is 8.37. The number of aliphatic hydroxyl groups is 10. The largest absolute Gasteiger partial charge is 0.479 e. The number of allylic oxidation sites excluding steroid dienone is 1. The molecule has 24 nitrogen and oxygen atoms in total. The summed E-state index contributed by atoms with van der Waals surface area (Å²) in [7, 11) is 0. The molecule has 0 amide bonds. The molecule has 5 aliphatic carbocycles. The normalized spacial score (nSPS) is 46.7. The van der Waals surface area contributed by atoms with Crippen molar-refractivity contribution < 1.29 is 118 Å². The van der Waals surface area contributed by atoms with Gasteiger partial charge in [-0.2, -0.15) is 0 Å². The quantitative estimate of drug-likeness (QED) is 0.0480. The van der Waals surface area contributed by atoms with Crippen LogP contribution in [0.25, 0.3) is 0 Å². The Morgan fingerprint density at radius 2 is 1.27 bits per heavy atom. The van der Waals surface area contributed by atoms with Crippen LogP contribution >= 0.6 is 0 Å². The standard InChI is InChI=1S/C61H90O24/c1-11-27(2)51(75)85-49-48(84-52(76)29-15-13-12-14-16-29)56(4,5)23-31-30-17-18-35-58(8)21-20-36(57(6,7)34(58)19-22-59(35,9)60(30,10)46(71)47(72)61(31,49)26-64)80-55-45(83-54-41(70)39(68)37(66)32(24-62)78-54)43(77-28(3)65)42(44(82-55)50(73)74)81-53-40(69)38(67)33(25-63)79-53/h12-17,27,31-49,53-55,62-64,66-72H,11,18-26H2,1-10H3,(H,73,74)/t27-,31?,32-,33+,34+,35-,36+,37-,38+,39+,40-,41-,42+,43+,44+,45-,46+,47-,48+,49+,53+,54+,55-,58+,59-,60+,61+/m1/s1. The van der Waals surface area contributed by atoms with Gasteiger partial charge in [-0.05, 0) is 91.1 Å². The first-order valence-electron chi connectivity index (χ1n) is 29.9. The number of hydrogen-bond donors (Lipinski definition) is 11. The number of esters is 3. The summed E-state index contributed by atoms with van der Waals surface area (Å²) < 4.78 is 55.4. The third-order valence-electron chi connectivity index (χ3n) is 22.2. The second-order valence-electron chi connectivity index (χ2n) is 27.4. The number of ether oxygens (including phenoxy) is 9. The fourth-order valence-electron chi connectivity index (χ4n) is 17.0. The SMILES string of the molecule is CC[C@@H](C)C(=O)O[C@H]1[C@H](OC(=O)c2ccccc2)C(C)(C)CC2C3=CC[C@@H]4[C@@]5(C)CC[C@H](O[C@@H]6O[C@H](C(=O)O)[C@@H](O[C@@H]7O[C@@H](CO)[C@H](O)[C@H]7O)[C@H](OC(C)=O)[C@H]6O[C@@H]6O[C@H](CO)[C@@H](O)[C@H](O)[C@H]6O)C(C)(C)[C@@H]5CC[C@@]4(C)[C@]3(C)[C@@H](O)[C@@H](O)[C@]21CO. The lowest BCUT2D eigenvalue weighted by molar-refractivity contribution is -0.383. The minimum atomic E-state index is -2.09. The Morgan fingerprint density at radius 1 is 0.671 bits per heavy atom. The van der Waals surface area contributed by atoms with Crippen molar-refractivity contribution in [3.63, 3.8) is 0 Å². The number of carbonyl (C=O) groups is 4. The van der Waals surface area contributed by atoms with Gasteiger partial charge in [0.2, 0.25) is 0 Å². The molecule has 24 heteroatoms. The molecule has 0 radical (unpaired) electrons. The van der Waals surface area contributed by atoms with Gasteiger partial charge in [0.1, 0.15) is 54.9 Å². The van der Waals surface area contributed by atoms with Gasteiger partial charge in [-0.1, -0.05) is 92.2 Å². The molecule has 0 bridgehead atoms. The summed E-state index contributed by atoms with van der Waals surface area (Å²) in [6.45, 7) is 16.4. The highest BCUT2D eigenvalue weighted by molar-refractivity contribution is 5.89. The number of fused-ring (bicyclic) bond motifs is 7. The van der Waals surface area contributed by atoms with E-state index in [9.17, 15) is 75.3 Å². The van der Waals surface area contributed by atoms with Crippen molar-refractivity contribution in [3.8, 4) is 0 Å². The molecule has 8 aliphatic rings. The van der Waals surface area contributed by atoms with Crippen molar-refractivity contribution in [3.05, 3.63) is 47.5 Å². The minimum Gasteiger partial charge on any atom is -0.479 e. The number of carboxylic acids is 1. The van der Waals surface area contributed by atoms with E-state index in [1.807, 2.05) is 41.5 Å². The molecule has 85 heavy (non-hydrogen) atoms. The van der Waals surface area contributed by atoms with Crippen molar-refractivity contribution >= 4 is 23.9 Å². The Balaban J connectivity index is 1.05. The van der Waals surface area contributed by atoms with E-state index in [1.54, 1.807) is 37.3 Å². The molecule has 11 N–H and O–H groups in total. The van der Waals surface area contributed by atoms with Crippen LogP contribution in [0.15, 0.2) is 42.0 Å². The van der Waals surface area contributed by atoms with Crippen LogP contribution in [-0.2, 0) is 57.0 Å². The molecule has 3 aliphatic heterocycles. The van der Waals surface area contributed by atoms with Crippen LogP contribution in [0, 0.1) is 56.2 Å². The molecule has 9 rings (SSSR count). The highest BCUT2D eigenvalue weighted by Gasteiger charge is 2.76. The van der Waals surface area contributed by atoms with E-state index in [1.165, 1.54) is 0 Å². The number of aliphatic hydroxyl groups excluding tert-OH is 10. The van der Waals surface area contributed by atoms with Gasteiger partial charge in [0.25, 0.3) is 0 Å². The molecule has 4 saturated carbocycles. The number of aliphatic carboxylic acids is 1. The average molecular weight is 1210 g/mol. The van der Waals surface area contributed by atoms with Crippen molar-refractivity contribution in [1.29, 1.82) is 0 Å². The van der Waals surface area contributed by atoms with E-state index in [4.69, 9.17) is 42.6 Å². The van der Waals surface area contributed by atoms with Crippen molar-refractivity contribution in [2.24, 2.45) is 56.2 Å². The van der Waals surface area contributed by atoms with Gasteiger partial charge in [-0.3, -0.25) is 9.59 Å². The van der Waals surface area contributed by atoms with Crippen LogP contribution in [0.1, 0.15) is 125 Å². The molecule has 7 fully saturated rings. The van der Waals surface area contributed by atoms with E-state index in [0.717, 1.165) is 12.5 Å². The topological polar surface area (TPSA) is 374 Å². The maximum Gasteiger partial charge on any atom is 0.338 e. The van der Waals surface area contributed by atoms with Gasteiger partial charge >= 0.3 is 23.9 Å². The summed E-state index contributed by atoms with van der Waals surface area (Å²) in [4.78, 5) is 54.4. The van der Waals surface area contributed by atoms with Gasteiger partial charge in [0.15, 0.2) is 43.3 Å². The lowest BCUT2D eigenvalue weighted by Crippen LogP contribution is -2.76. The van der Waals surface area contributed by atoms with Crippen LogP contribution in [-0.4, -0.2) is 216 Å². The molecule has 0 spiro atoms. The molecule has 0 aromatic heterocycles. The molecular weight excluding hydrogens is 1120 g/mol. The van der Waals surface area contributed by atoms with Gasteiger partial charge in [0.05, 0.1) is 55.0 Å². The third-order valence-corrected chi connectivity index (χ3v) is 22.2. The number of benzene rings is 1. The predicted octanol–water partition coefficient (Wildman–Crippen LogP) is 1.26. The van der Waals surface area contributed by atoms with E-state index in [2.05, 4.69) is 19.9 Å². The first kappa shape index (κ1) is 65.6. The first-order valence-corrected chi connectivity index (χ1v) is 29.9. The predicted molar refractivity (Wildman–Crippen MR) is 293 cm³/mol. The Morgan fingerprint density at radius 3 is 1.85 bits per heavy atom. The summed E-state index contributed by atoms with van der Waals surface area (Å²) in [5, 5.41) is 123. The zero-order valence-corrected chi connectivity index (χ0v) is 50.0. The second kappa shape index (κ2) is 24.2. The van der Waals surface area contributed by atoms with Crippen molar-refractivity contribution in [2.75, 3.05) is 19.8 Å². The highest BCUT2D eigenvalue weighted by atomic mass is 16.8. The first-order chi connectivity index (χ1) is 39.8. The Bertz CT molecular complexity index is 2620. The molecular formula is C61H90O24. The monoisotopic (exact) mass is 1210 g/mol. The average Bonchev–Trinajstić information content (AvgIpc) is 0.931. The Kier molecular flexibility index (Phi) is 18.7. The molecule has 478 valence electrons. The summed E-state index contributed by atoms with van der Waals surface area (Å²) in [5.74, 6) is -5.54. The molecule has 1 aromatic rings. The number of rotatable bonds is 16. The number of hydrogen-bond acceptors (Lipinski definition) is 23. The highest BCUT2D eigenvalue weighted by Crippen LogP contribution is 2.76. The zero-order valence-electron chi connectivity index (χ0n) is 50.0. The van der Waals surface area contributed by atoms with E-state index < -0.39 is 205 Å². The fraction of sp³-hybridized carbons (Fsp3) is 0.803. The Hall–Kier alpha value is -3.80. The van der Waals surface area contributed by atoms with Gasteiger partial charge < -0.3 is 98.8 Å². The van der Waals surface area contributed by atoms with Crippen LogP contribution in [0.2, 0.25) is 0 Å². The third kappa shape index (κ3) is 10.7. The maximum atomic E-state index is 14.0. The van der Waals surface area contributed by atoms with Gasteiger partial charge in [-0.25, -0.2) is 9.59 Å². The van der Waals surface area contributed by atoms with Crippen LogP contribution in [0.4, 0.5) is 0 Å². The van der Waals surface area contributed by atoms with Gasteiger partial charge in [-0.15, -0.1) is 0 Å². The van der Waals surface area contributed by atoms with Crippen LogP contribution in [0.5, 0.6) is 0 Å². The molecule has 1 aromatic carbocycles. The molecule has 3 heterocycles. The molecule has 27 atom stereocenters. The fourth-order valence-corrected chi connectivity index (χ4v) is 17.0. The van der Waals surface area contributed by atoms with E-state index >= 15 is 0 Å². The number of carboxylic acid groups (broad SMARTS) is 1. The summed E-state index contributed by atoms with van der Waals surface area (Å²) >= 11 is 0. The summed E-state index contributed by atoms with van der Waals surface area (Å²) in [5.41, 5.74) is -4.80. The van der Waals surface area contributed by atoms with E-state index in [0.29, 0.717) is 38.5 Å². The van der Waals surface area contributed by atoms with Crippen LogP contribution < -0.4 is 0 Å². The Labute approximate surface area is 494 Å². The van der Waals surface area contributed by atoms with Crippen molar-refractivity contribution in [1.82, 2.24) is 0 Å². The lowest BCUT2D eigenvalue weighted by atomic mass is 9.32. The smallest absolute Gasteiger partial charge is 0.338 e. The maximum absolute atomic E-state index is 14.0. The molecule has 3 saturated heterocycles. The number of carbonyl (C=O) groups excluding carboxylic acids is 3. The lowest BCUT2D eigenvalue weighted by Gasteiger charge is -2.73. The van der Waals surface area contributed by atoms with Gasteiger partial charge in [0, 0.05) is 17.8 Å². The zero-order chi connectivity index (χ0) is 62.4. The van der Waals surface area contributed by atoms with Crippen LogP contribution in [0.3, 0.4) is 0 Å². The minimum absolute atomic E-state index is 0.167. The second-order valence-corrected chi connectivity index (χ2v) is 27.4.